The second-order valence-electron chi connectivity index (χ2n) is 9.36. The Kier molecular flexibility index (Phi) is 14.0. The second-order valence-corrected chi connectivity index (χ2v) is 9.36. The Balaban J connectivity index is 1.57. The second kappa shape index (κ2) is 17.3. The van der Waals surface area contributed by atoms with Gasteiger partial charge in [0, 0.05) is 13.0 Å². The van der Waals surface area contributed by atoms with Crippen LogP contribution < -0.4 is 10.1 Å². The molecule has 0 aliphatic heterocycles. The molecule has 6 nitrogen and oxygen atoms in total. The minimum absolute atomic E-state index is 0.000124. The summed E-state index contributed by atoms with van der Waals surface area (Å²) in [5.74, 6) is 0.572. The molecule has 6 heteroatoms. The summed E-state index contributed by atoms with van der Waals surface area (Å²) in [6, 6.07) is 17.4. The summed E-state index contributed by atoms with van der Waals surface area (Å²) >= 11 is 0. The zero-order valence-electron chi connectivity index (χ0n) is 22.1. The number of rotatable bonds is 17. The number of hydrogen-bond donors (Lipinski definition) is 1. The van der Waals surface area contributed by atoms with Crippen molar-refractivity contribution in [1.29, 1.82) is 0 Å². The summed E-state index contributed by atoms with van der Waals surface area (Å²) in [6.45, 7) is 0.843. The van der Waals surface area contributed by atoms with E-state index in [4.69, 9.17) is 9.47 Å². The summed E-state index contributed by atoms with van der Waals surface area (Å²) in [7, 11) is 5.54. The minimum Gasteiger partial charge on any atom is -0.497 e. The van der Waals surface area contributed by atoms with Crippen LogP contribution in [-0.2, 0) is 20.9 Å². The van der Waals surface area contributed by atoms with Crippen molar-refractivity contribution < 1.29 is 19.1 Å². The highest BCUT2D eigenvalue weighted by Crippen LogP contribution is 2.14. The van der Waals surface area contributed by atoms with Crippen LogP contribution in [0.15, 0.2) is 60.7 Å². The van der Waals surface area contributed by atoms with Crippen LogP contribution in [0.3, 0.4) is 0 Å². The standard InChI is InChI=1S/C30H42N2O4/c1-32(2)23-27(22-30(34)36-24-26-15-11-9-12-16-26)31-29(33)17-13-8-6-4-5-7-10-14-25-18-20-28(35-3)21-19-25/h9-12,14-16,18-21,27H,4-8,13,17,22-24H2,1-3H3,(H,31,33)/b14-10+/t27-/m1/s1. The average Bonchev–Trinajstić information content (AvgIpc) is 2.87. The van der Waals surface area contributed by atoms with E-state index in [1.165, 1.54) is 5.56 Å². The summed E-state index contributed by atoms with van der Waals surface area (Å²) in [5, 5.41) is 3.02. The van der Waals surface area contributed by atoms with Crippen molar-refractivity contribution in [2.24, 2.45) is 0 Å². The number of carbonyl (C=O) groups excluding carboxylic acids is 2. The third kappa shape index (κ3) is 13.1. The van der Waals surface area contributed by atoms with Crippen LogP contribution in [-0.4, -0.2) is 50.6 Å². The number of likely N-dealkylation sites (N-methyl/N-ethyl adjacent to an activating group) is 1. The van der Waals surface area contributed by atoms with Gasteiger partial charge in [0.2, 0.25) is 5.91 Å². The van der Waals surface area contributed by atoms with Crippen LogP contribution in [0, 0.1) is 0 Å². The quantitative estimate of drug-likeness (QED) is 0.228. The Bertz CT molecular complexity index is 910. The monoisotopic (exact) mass is 494 g/mol. The molecule has 0 heterocycles. The van der Waals surface area contributed by atoms with Gasteiger partial charge in [0.1, 0.15) is 12.4 Å². The van der Waals surface area contributed by atoms with E-state index in [1.807, 2.05) is 61.5 Å². The molecule has 0 aromatic heterocycles. The molecule has 2 aromatic rings. The van der Waals surface area contributed by atoms with Gasteiger partial charge in [-0.15, -0.1) is 0 Å². The number of nitrogens with one attached hydrogen (secondary N) is 1. The van der Waals surface area contributed by atoms with E-state index in [1.54, 1.807) is 7.11 Å². The van der Waals surface area contributed by atoms with Crippen LogP contribution in [0.1, 0.15) is 62.5 Å². The van der Waals surface area contributed by atoms with Gasteiger partial charge in [-0.2, -0.15) is 0 Å². The van der Waals surface area contributed by atoms with Crippen LogP contribution in [0.5, 0.6) is 5.75 Å². The molecule has 1 amide bonds. The van der Waals surface area contributed by atoms with Gasteiger partial charge >= 0.3 is 5.97 Å². The molecule has 0 aliphatic rings. The van der Waals surface area contributed by atoms with Crippen LogP contribution in [0.4, 0.5) is 0 Å². The fraction of sp³-hybridized carbons (Fsp3) is 0.467. The number of amides is 1. The van der Waals surface area contributed by atoms with Crippen LogP contribution in [0.2, 0.25) is 0 Å². The number of benzene rings is 2. The SMILES string of the molecule is COc1ccc(/C=C/CCCCCCCC(=O)N[C@H](CC(=O)OCc2ccccc2)CN(C)C)cc1. The molecule has 1 atom stereocenters. The lowest BCUT2D eigenvalue weighted by Gasteiger charge is -2.22. The summed E-state index contributed by atoms with van der Waals surface area (Å²) in [6.07, 6.45) is 11.4. The number of allylic oxidation sites excluding steroid dienone is 1. The van der Waals surface area contributed by atoms with Crippen molar-refractivity contribution >= 4 is 18.0 Å². The molecule has 2 aromatic carbocycles. The lowest BCUT2D eigenvalue weighted by atomic mass is 10.1. The highest BCUT2D eigenvalue weighted by molar-refractivity contribution is 5.77. The maximum Gasteiger partial charge on any atom is 0.308 e. The smallest absolute Gasteiger partial charge is 0.308 e. The largest absolute Gasteiger partial charge is 0.497 e. The summed E-state index contributed by atoms with van der Waals surface area (Å²) in [4.78, 5) is 26.7. The Morgan fingerprint density at radius 1 is 0.944 bits per heavy atom. The number of unbranched alkanes of at least 4 members (excludes halogenated alkanes) is 5. The Hall–Kier alpha value is -3.12. The Labute approximate surface area is 216 Å². The van der Waals surface area contributed by atoms with Crippen LogP contribution >= 0.6 is 0 Å². The highest BCUT2D eigenvalue weighted by Gasteiger charge is 2.18. The number of methoxy groups -OCH3 is 1. The molecule has 0 saturated carbocycles. The predicted molar refractivity (Wildman–Crippen MR) is 146 cm³/mol. The normalized spacial score (nSPS) is 12.0. The van der Waals surface area contributed by atoms with Crippen LogP contribution in [0.25, 0.3) is 6.08 Å². The van der Waals surface area contributed by atoms with Gasteiger partial charge in [-0.05, 0) is 56.6 Å². The third-order valence-corrected chi connectivity index (χ3v) is 5.81. The van der Waals surface area contributed by atoms with E-state index in [0.29, 0.717) is 13.0 Å². The fourth-order valence-electron chi connectivity index (χ4n) is 3.91. The molecule has 0 spiro atoms. The summed E-state index contributed by atoms with van der Waals surface area (Å²) < 4.78 is 10.6. The van der Waals surface area contributed by atoms with Crippen molar-refractivity contribution in [3.63, 3.8) is 0 Å². The van der Waals surface area contributed by atoms with Crippen molar-refractivity contribution in [2.75, 3.05) is 27.7 Å². The number of hydrogen-bond acceptors (Lipinski definition) is 5. The minimum atomic E-state index is -0.299. The number of carbonyl (C=O) groups is 2. The predicted octanol–water partition coefficient (Wildman–Crippen LogP) is 5.62. The Morgan fingerprint density at radius 3 is 2.33 bits per heavy atom. The lowest BCUT2D eigenvalue weighted by molar-refractivity contribution is -0.145. The molecule has 0 fully saturated rings. The van der Waals surface area contributed by atoms with Crippen molar-refractivity contribution in [2.45, 2.75) is 64.0 Å². The first-order valence-electron chi connectivity index (χ1n) is 12.9. The zero-order chi connectivity index (χ0) is 26.0. The van der Waals surface area contributed by atoms with Crippen molar-refractivity contribution in [1.82, 2.24) is 10.2 Å². The highest BCUT2D eigenvalue weighted by atomic mass is 16.5. The summed E-state index contributed by atoms with van der Waals surface area (Å²) in [5.41, 5.74) is 2.13. The van der Waals surface area contributed by atoms with Gasteiger partial charge in [0.05, 0.1) is 19.6 Å². The maximum atomic E-state index is 12.4. The maximum absolute atomic E-state index is 12.4. The first-order valence-corrected chi connectivity index (χ1v) is 12.9. The van der Waals surface area contributed by atoms with Gasteiger partial charge in [0.15, 0.2) is 0 Å². The van der Waals surface area contributed by atoms with Crippen molar-refractivity contribution in [3.05, 3.63) is 71.8 Å². The van der Waals surface area contributed by atoms with Crippen molar-refractivity contribution in [3.8, 4) is 5.75 Å². The van der Waals surface area contributed by atoms with E-state index < -0.39 is 0 Å². The molecular weight excluding hydrogens is 452 g/mol. The van der Waals surface area contributed by atoms with Gasteiger partial charge < -0.3 is 19.7 Å². The van der Waals surface area contributed by atoms with Gasteiger partial charge in [-0.1, -0.05) is 73.9 Å². The van der Waals surface area contributed by atoms with Gasteiger partial charge in [-0.25, -0.2) is 0 Å². The first-order chi connectivity index (χ1) is 17.5. The zero-order valence-corrected chi connectivity index (χ0v) is 22.1. The molecule has 36 heavy (non-hydrogen) atoms. The molecule has 0 bridgehead atoms. The molecule has 1 N–H and O–H groups in total. The van der Waals surface area contributed by atoms with E-state index in [2.05, 4.69) is 29.6 Å². The van der Waals surface area contributed by atoms with E-state index in [-0.39, 0.29) is 30.9 Å². The average molecular weight is 495 g/mol. The number of ether oxygens (including phenoxy) is 2. The topological polar surface area (TPSA) is 67.9 Å². The molecule has 0 radical (unpaired) electrons. The van der Waals surface area contributed by atoms with Gasteiger partial charge in [0.25, 0.3) is 0 Å². The van der Waals surface area contributed by atoms with E-state index >= 15 is 0 Å². The molecule has 0 aliphatic carbocycles. The van der Waals surface area contributed by atoms with E-state index in [0.717, 1.165) is 49.8 Å². The molecule has 0 saturated heterocycles. The fourth-order valence-corrected chi connectivity index (χ4v) is 3.91. The third-order valence-electron chi connectivity index (χ3n) is 5.81. The molecule has 196 valence electrons. The first kappa shape index (κ1) is 29.1. The number of esters is 1. The molecule has 0 unspecified atom stereocenters. The van der Waals surface area contributed by atoms with Gasteiger partial charge in [-0.3, -0.25) is 9.59 Å². The molecule has 2 rings (SSSR count). The Morgan fingerprint density at radius 2 is 1.64 bits per heavy atom. The number of nitrogens with zero attached hydrogens (tertiary/aromatic N) is 1. The van der Waals surface area contributed by atoms with E-state index in [9.17, 15) is 9.59 Å². The lowest BCUT2D eigenvalue weighted by Crippen LogP contribution is -2.43. The molecular formula is C30H42N2O4.